The number of hydrogen-bond donors (Lipinski definition) is 0. The summed E-state index contributed by atoms with van der Waals surface area (Å²) >= 11 is 0. The van der Waals surface area contributed by atoms with Crippen molar-refractivity contribution >= 4 is 17.4 Å². The van der Waals surface area contributed by atoms with Crippen LogP contribution in [0.3, 0.4) is 0 Å². The van der Waals surface area contributed by atoms with Crippen molar-refractivity contribution in [3.8, 4) is 5.75 Å². The predicted octanol–water partition coefficient (Wildman–Crippen LogP) is 1.67. The van der Waals surface area contributed by atoms with Crippen molar-refractivity contribution in [3.05, 3.63) is 33.9 Å². The molecule has 0 N–H and O–H groups in total. The summed E-state index contributed by atoms with van der Waals surface area (Å²) in [4.78, 5) is 34.2. The van der Waals surface area contributed by atoms with Crippen molar-refractivity contribution < 1.29 is 24.0 Å². The molecule has 1 aromatic rings. The van der Waals surface area contributed by atoms with Gasteiger partial charge < -0.3 is 9.47 Å². The average molecular weight is 293 g/mol. The van der Waals surface area contributed by atoms with Crippen molar-refractivity contribution in [2.75, 3.05) is 13.7 Å². The van der Waals surface area contributed by atoms with Gasteiger partial charge in [-0.1, -0.05) is 0 Å². The standard InChI is InChI=1S/C14H15NO6/c1-9(16)14(3-4-21-13(14)17)8-10-5-11(15(18)19)7-12(6-10)20-2/h5-7H,3-4,8H2,1-2H3. The number of cyclic esters (lactones) is 1. The second kappa shape index (κ2) is 5.51. The number of nitrogens with zero attached hydrogens (tertiary/aromatic N) is 1. The highest BCUT2D eigenvalue weighted by Crippen LogP contribution is 2.36. The number of rotatable bonds is 5. The van der Waals surface area contributed by atoms with Gasteiger partial charge in [0.25, 0.3) is 5.69 Å². The number of hydrogen-bond acceptors (Lipinski definition) is 6. The third-order valence-electron chi connectivity index (χ3n) is 3.73. The molecule has 1 saturated heterocycles. The van der Waals surface area contributed by atoms with Crippen LogP contribution in [0.25, 0.3) is 0 Å². The minimum Gasteiger partial charge on any atom is -0.496 e. The van der Waals surface area contributed by atoms with Crippen molar-refractivity contribution in [3.63, 3.8) is 0 Å². The minimum atomic E-state index is -1.25. The first-order valence-corrected chi connectivity index (χ1v) is 6.39. The number of benzene rings is 1. The maximum Gasteiger partial charge on any atom is 0.320 e. The Kier molecular flexibility index (Phi) is 3.93. The second-order valence-corrected chi connectivity index (χ2v) is 5.00. The molecule has 0 bridgehead atoms. The van der Waals surface area contributed by atoms with Crippen LogP contribution in [0.4, 0.5) is 5.69 Å². The number of methoxy groups -OCH3 is 1. The van der Waals surface area contributed by atoms with E-state index in [1.807, 2.05) is 0 Å². The molecule has 1 aromatic carbocycles. The van der Waals surface area contributed by atoms with Crippen LogP contribution in [0.15, 0.2) is 18.2 Å². The summed E-state index contributed by atoms with van der Waals surface area (Å²) in [5.74, 6) is -0.555. The summed E-state index contributed by atoms with van der Waals surface area (Å²) in [6.07, 6.45) is 0.353. The summed E-state index contributed by atoms with van der Waals surface area (Å²) in [6.45, 7) is 1.52. The van der Waals surface area contributed by atoms with Gasteiger partial charge in [0.05, 0.1) is 24.7 Å². The fourth-order valence-electron chi connectivity index (χ4n) is 2.48. The number of ether oxygens (including phenoxy) is 2. The largest absolute Gasteiger partial charge is 0.496 e. The van der Waals surface area contributed by atoms with Crippen LogP contribution < -0.4 is 4.74 Å². The molecule has 0 saturated carbocycles. The van der Waals surface area contributed by atoms with Crippen molar-refractivity contribution in [2.45, 2.75) is 19.8 Å². The lowest BCUT2D eigenvalue weighted by Crippen LogP contribution is -2.36. The average Bonchev–Trinajstić information content (AvgIpc) is 2.80. The van der Waals surface area contributed by atoms with Gasteiger partial charge in [0, 0.05) is 12.5 Å². The number of ketones is 1. The molecule has 0 spiro atoms. The molecule has 7 heteroatoms. The van der Waals surface area contributed by atoms with Gasteiger partial charge in [-0.25, -0.2) is 0 Å². The third kappa shape index (κ3) is 2.72. The SMILES string of the molecule is COc1cc(CC2(C(C)=O)CCOC2=O)cc([N+](=O)[O-])c1. The molecule has 2 rings (SSSR count). The molecular weight excluding hydrogens is 278 g/mol. The monoisotopic (exact) mass is 293 g/mol. The number of carbonyl (C=O) groups is 2. The van der Waals surface area contributed by atoms with Crippen LogP contribution in [0.2, 0.25) is 0 Å². The Morgan fingerprint density at radius 2 is 2.19 bits per heavy atom. The topological polar surface area (TPSA) is 95.7 Å². The van der Waals surface area contributed by atoms with E-state index in [1.165, 1.54) is 26.2 Å². The van der Waals surface area contributed by atoms with Crippen LogP contribution in [0, 0.1) is 15.5 Å². The number of nitro groups is 1. The maximum atomic E-state index is 11.9. The molecule has 21 heavy (non-hydrogen) atoms. The molecule has 1 aliphatic rings. The summed E-state index contributed by atoms with van der Waals surface area (Å²) in [5, 5.41) is 10.9. The smallest absolute Gasteiger partial charge is 0.320 e. The van der Waals surface area contributed by atoms with E-state index in [0.29, 0.717) is 11.3 Å². The first kappa shape index (κ1) is 15.0. The summed E-state index contributed by atoms with van der Waals surface area (Å²) in [6, 6.07) is 4.22. The van der Waals surface area contributed by atoms with Gasteiger partial charge in [0.15, 0.2) is 0 Å². The van der Waals surface area contributed by atoms with E-state index in [-0.39, 0.29) is 30.9 Å². The highest BCUT2D eigenvalue weighted by molar-refractivity contribution is 6.04. The molecule has 0 aromatic heterocycles. The zero-order valence-corrected chi connectivity index (χ0v) is 11.8. The van der Waals surface area contributed by atoms with Gasteiger partial charge in [-0.05, 0) is 25.0 Å². The van der Waals surface area contributed by atoms with Gasteiger partial charge in [0.1, 0.15) is 16.9 Å². The molecule has 112 valence electrons. The zero-order valence-electron chi connectivity index (χ0n) is 11.8. The summed E-state index contributed by atoms with van der Waals surface area (Å²) in [5.41, 5.74) is -0.898. The quantitative estimate of drug-likeness (QED) is 0.354. The van der Waals surface area contributed by atoms with Gasteiger partial charge in [0.2, 0.25) is 0 Å². The first-order chi connectivity index (χ1) is 9.89. The number of nitro benzene ring substituents is 1. The third-order valence-corrected chi connectivity index (χ3v) is 3.73. The lowest BCUT2D eigenvalue weighted by Gasteiger charge is -2.21. The van der Waals surface area contributed by atoms with Crippen LogP contribution in [0.5, 0.6) is 5.75 Å². The Bertz CT molecular complexity index is 611. The number of non-ortho nitro benzene ring substituents is 1. The number of carbonyl (C=O) groups excluding carboxylic acids is 2. The Hall–Kier alpha value is -2.44. The fourth-order valence-corrected chi connectivity index (χ4v) is 2.48. The molecule has 1 aliphatic heterocycles. The van der Waals surface area contributed by atoms with E-state index >= 15 is 0 Å². The first-order valence-electron chi connectivity index (χ1n) is 6.39. The highest BCUT2D eigenvalue weighted by Gasteiger charge is 2.48. The van der Waals surface area contributed by atoms with E-state index in [4.69, 9.17) is 9.47 Å². The molecular formula is C14H15NO6. The fraction of sp³-hybridized carbons (Fsp3) is 0.429. The highest BCUT2D eigenvalue weighted by atomic mass is 16.6. The Morgan fingerprint density at radius 3 is 2.67 bits per heavy atom. The van der Waals surface area contributed by atoms with Gasteiger partial charge >= 0.3 is 5.97 Å². The second-order valence-electron chi connectivity index (χ2n) is 5.00. The number of esters is 1. The Morgan fingerprint density at radius 1 is 1.48 bits per heavy atom. The minimum absolute atomic E-state index is 0.0687. The van der Waals surface area contributed by atoms with Crippen molar-refractivity contribution in [2.24, 2.45) is 5.41 Å². The summed E-state index contributed by atoms with van der Waals surface area (Å²) < 4.78 is 9.94. The Labute approximate surface area is 121 Å². The predicted molar refractivity (Wildman–Crippen MR) is 72.0 cm³/mol. The molecule has 1 atom stereocenters. The van der Waals surface area contributed by atoms with Gasteiger partial charge in [-0.3, -0.25) is 19.7 Å². The molecule has 0 radical (unpaired) electrons. The van der Waals surface area contributed by atoms with Gasteiger partial charge in [-0.2, -0.15) is 0 Å². The van der Waals surface area contributed by atoms with Crippen molar-refractivity contribution in [1.82, 2.24) is 0 Å². The molecule has 7 nitrogen and oxygen atoms in total. The Balaban J connectivity index is 2.42. The molecule has 0 aliphatic carbocycles. The van der Waals surface area contributed by atoms with Crippen LogP contribution in [-0.2, 0) is 20.7 Å². The van der Waals surface area contributed by atoms with Crippen LogP contribution in [0.1, 0.15) is 18.9 Å². The van der Waals surface area contributed by atoms with Crippen LogP contribution in [-0.4, -0.2) is 30.4 Å². The van der Waals surface area contributed by atoms with E-state index in [9.17, 15) is 19.7 Å². The molecule has 1 fully saturated rings. The lowest BCUT2D eigenvalue weighted by molar-refractivity contribution is -0.385. The number of Topliss-reactive ketones (excluding diaryl/α,β-unsaturated/α-hetero) is 1. The summed E-state index contributed by atoms with van der Waals surface area (Å²) in [7, 11) is 1.40. The van der Waals surface area contributed by atoms with Crippen molar-refractivity contribution in [1.29, 1.82) is 0 Å². The van der Waals surface area contributed by atoms with E-state index in [0.717, 1.165) is 0 Å². The van der Waals surface area contributed by atoms with E-state index < -0.39 is 16.3 Å². The lowest BCUT2D eigenvalue weighted by atomic mass is 9.77. The van der Waals surface area contributed by atoms with E-state index in [1.54, 1.807) is 6.07 Å². The zero-order chi connectivity index (χ0) is 15.6. The maximum absolute atomic E-state index is 11.9. The van der Waals surface area contributed by atoms with Crippen LogP contribution >= 0.6 is 0 Å². The molecule has 1 unspecified atom stereocenters. The van der Waals surface area contributed by atoms with E-state index in [2.05, 4.69) is 0 Å². The molecule has 0 amide bonds. The molecule has 1 heterocycles. The van der Waals surface area contributed by atoms with Gasteiger partial charge in [-0.15, -0.1) is 0 Å². The normalized spacial score (nSPS) is 21.0.